The Kier molecular flexibility index (Phi) is 9.64. The maximum absolute atomic E-state index is 13.2. The SMILES string of the molecule is COc1ccccc1N1CCN(C(=O)c2ccc(CSc3nc(Cl)cc(N4CCN(c5ccccc5Cl)CC4)n3)cc2)CC1. The van der Waals surface area contributed by atoms with Crippen molar-refractivity contribution in [3.63, 3.8) is 0 Å². The van der Waals surface area contributed by atoms with E-state index in [4.69, 9.17) is 32.9 Å². The van der Waals surface area contributed by atoms with Crippen molar-refractivity contribution in [2.45, 2.75) is 10.9 Å². The maximum atomic E-state index is 13.2. The van der Waals surface area contributed by atoms with Crippen LogP contribution in [0.3, 0.4) is 0 Å². The number of thioether (sulfide) groups is 1. The van der Waals surface area contributed by atoms with Crippen molar-refractivity contribution in [3.8, 4) is 5.75 Å². The molecule has 2 fully saturated rings. The van der Waals surface area contributed by atoms with Gasteiger partial charge in [0.15, 0.2) is 5.16 Å². The van der Waals surface area contributed by atoms with Gasteiger partial charge in [-0.25, -0.2) is 9.97 Å². The van der Waals surface area contributed by atoms with Crippen molar-refractivity contribution in [1.82, 2.24) is 14.9 Å². The average Bonchev–Trinajstić information content (AvgIpc) is 3.07. The summed E-state index contributed by atoms with van der Waals surface area (Å²) in [7, 11) is 1.69. The lowest BCUT2D eigenvalue weighted by atomic mass is 10.1. The molecule has 0 radical (unpaired) electrons. The van der Waals surface area contributed by atoms with Crippen LogP contribution in [0.25, 0.3) is 0 Å². The van der Waals surface area contributed by atoms with E-state index in [0.29, 0.717) is 34.7 Å². The zero-order chi connectivity index (χ0) is 30.5. The average molecular weight is 650 g/mol. The first-order chi connectivity index (χ1) is 21.5. The number of methoxy groups -OCH3 is 1. The number of carbonyl (C=O) groups is 1. The largest absolute Gasteiger partial charge is 0.495 e. The molecule has 2 aliphatic heterocycles. The third-order valence-corrected chi connectivity index (χ3v) is 9.45. The lowest BCUT2D eigenvalue weighted by Crippen LogP contribution is -2.48. The molecular weight excluding hydrogens is 615 g/mol. The van der Waals surface area contributed by atoms with E-state index in [9.17, 15) is 4.79 Å². The number of hydrogen-bond acceptors (Lipinski definition) is 8. The number of ether oxygens (including phenoxy) is 1. The van der Waals surface area contributed by atoms with E-state index in [1.807, 2.05) is 71.6 Å². The highest BCUT2D eigenvalue weighted by molar-refractivity contribution is 7.98. The second kappa shape index (κ2) is 14.0. The Bertz CT molecular complexity index is 1590. The van der Waals surface area contributed by atoms with Crippen LogP contribution < -0.4 is 19.4 Å². The summed E-state index contributed by atoms with van der Waals surface area (Å²) in [5.41, 5.74) is 3.91. The molecule has 4 aromatic rings. The number of halogens is 2. The highest BCUT2D eigenvalue weighted by atomic mass is 35.5. The molecule has 0 atom stereocenters. The number of benzene rings is 3. The standard InChI is InChI=1S/C33H34Cl2N6O2S/c1-43-29-9-5-4-8-28(29)39-16-20-41(21-17-39)32(42)25-12-10-24(11-13-25)23-44-33-36-30(35)22-31(37-33)40-18-14-38(15-19-40)27-7-3-2-6-26(27)34/h2-13,22H,14-21,23H2,1H3. The Hall–Kier alpha value is -3.66. The van der Waals surface area contributed by atoms with E-state index in [0.717, 1.165) is 72.8 Å². The molecule has 0 saturated carbocycles. The molecule has 1 amide bonds. The maximum Gasteiger partial charge on any atom is 0.253 e. The Morgan fingerprint density at radius 1 is 0.773 bits per heavy atom. The molecule has 8 nitrogen and oxygen atoms in total. The number of anilines is 3. The van der Waals surface area contributed by atoms with E-state index in [-0.39, 0.29) is 5.91 Å². The first-order valence-electron chi connectivity index (χ1n) is 14.7. The van der Waals surface area contributed by atoms with Gasteiger partial charge >= 0.3 is 0 Å². The summed E-state index contributed by atoms with van der Waals surface area (Å²) in [4.78, 5) is 31.2. The van der Waals surface area contributed by atoms with Crippen LogP contribution >= 0.6 is 35.0 Å². The van der Waals surface area contributed by atoms with Gasteiger partial charge in [-0.05, 0) is 42.0 Å². The molecule has 0 aliphatic carbocycles. The summed E-state index contributed by atoms with van der Waals surface area (Å²) >= 11 is 14.4. The summed E-state index contributed by atoms with van der Waals surface area (Å²) in [5, 5.41) is 1.83. The molecular formula is C33H34Cl2N6O2S. The zero-order valence-electron chi connectivity index (χ0n) is 24.5. The number of hydrogen-bond donors (Lipinski definition) is 0. The Labute approximate surface area is 272 Å². The van der Waals surface area contributed by atoms with Gasteiger partial charge in [0.1, 0.15) is 16.7 Å². The molecule has 6 rings (SSSR count). The summed E-state index contributed by atoms with van der Waals surface area (Å²) in [6.45, 7) is 6.17. The van der Waals surface area contributed by atoms with Gasteiger partial charge in [-0.2, -0.15) is 0 Å². The lowest BCUT2D eigenvalue weighted by Gasteiger charge is -2.37. The molecule has 44 heavy (non-hydrogen) atoms. The van der Waals surface area contributed by atoms with Gasteiger partial charge in [-0.15, -0.1) is 0 Å². The highest BCUT2D eigenvalue weighted by Crippen LogP contribution is 2.30. The predicted octanol–water partition coefficient (Wildman–Crippen LogP) is 6.37. The number of aromatic nitrogens is 2. The quantitative estimate of drug-likeness (QED) is 0.124. The van der Waals surface area contributed by atoms with Gasteiger partial charge in [0.05, 0.1) is 23.5 Å². The molecule has 0 unspecified atom stereocenters. The van der Waals surface area contributed by atoms with E-state index in [1.54, 1.807) is 7.11 Å². The fourth-order valence-corrected chi connectivity index (χ4v) is 6.90. The molecule has 228 valence electrons. The monoisotopic (exact) mass is 648 g/mol. The minimum Gasteiger partial charge on any atom is -0.495 e. The smallest absolute Gasteiger partial charge is 0.253 e. The number of amides is 1. The number of para-hydroxylation sites is 3. The van der Waals surface area contributed by atoms with Gasteiger partial charge < -0.3 is 24.3 Å². The van der Waals surface area contributed by atoms with Crippen LogP contribution in [0.15, 0.2) is 84.0 Å². The fourth-order valence-electron chi connectivity index (χ4n) is 5.61. The Balaban J connectivity index is 1.01. The van der Waals surface area contributed by atoms with Gasteiger partial charge in [0, 0.05) is 69.7 Å². The van der Waals surface area contributed by atoms with Crippen LogP contribution in [-0.2, 0) is 5.75 Å². The first-order valence-corrected chi connectivity index (χ1v) is 16.4. The molecule has 0 N–H and O–H groups in total. The van der Waals surface area contributed by atoms with Gasteiger partial charge in [0.25, 0.3) is 5.91 Å². The van der Waals surface area contributed by atoms with E-state index >= 15 is 0 Å². The summed E-state index contributed by atoms with van der Waals surface area (Å²) in [6, 6.07) is 25.6. The van der Waals surface area contributed by atoms with Gasteiger partial charge in [-0.3, -0.25) is 4.79 Å². The molecule has 11 heteroatoms. The number of nitrogens with zero attached hydrogens (tertiary/aromatic N) is 6. The minimum atomic E-state index is 0.0568. The van der Waals surface area contributed by atoms with Crippen LogP contribution in [0.2, 0.25) is 10.2 Å². The number of rotatable bonds is 8. The van der Waals surface area contributed by atoms with Crippen LogP contribution in [-0.4, -0.2) is 80.2 Å². The van der Waals surface area contributed by atoms with Crippen LogP contribution in [0.5, 0.6) is 5.75 Å². The minimum absolute atomic E-state index is 0.0568. The molecule has 3 aromatic carbocycles. The normalized spacial score (nSPS) is 15.4. The zero-order valence-corrected chi connectivity index (χ0v) is 26.9. The summed E-state index contributed by atoms with van der Waals surface area (Å²) in [5.74, 6) is 2.42. The predicted molar refractivity (Wildman–Crippen MR) is 180 cm³/mol. The topological polar surface area (TPSA) is 65.0 Å². The van der Waals surface area contributed by atoms with Crippen molar-refractivity contribution in [2.24, 2.45) is 0 Å². The van der Waals surface area contributed by atoms with Crippen LogP contribution in [0.1, 0.15) is 15.9 Å². The fraction of sp³-hybridized carbons (Fsp3) is 0.303. The number of piperazine rings is 2. The van der Waals surface area contributed by atoms with Crippen molar-refractivity contribution in [3.05, 3.63) is 100 Å². The van der Waals surface area contributed by atoms with Crippen molar-refractivity contribution >= 4 is 58.1 Å². The van der Waals surface area contributed by atoms with Crippen molar-refractivity contribution in [1.29, 1.82) is 0 Å². The lowest BCUT2D eigenvalue weighted by molar-refractivity contribution is 0.0746. The molecule has 2 saturated heterocycles. The second-order valence-electron chi connectivity index (χ2n) is 10.7. The number of carbonyl (C=O) groups excluding carboxylic acids is 1. The van der Waals surface area contributed by atoms with Gasteiger partial charge in [-0.1, -0.05) is 71.4 Å². The molecule has 0 bridgehead atoms. The highest BCUT2D eigenvalue weighted by Gasteiger charge is 2.24. The molecule has 2 aliphatic rings. The summed E-state index contributed by atoms with van der Waals surface area (Å²) in [6.07, 6.45) is 0. The van der Waals surface area contributed by atoms with E-state index in [2.05, 4.69) is 31.8 Å². The Morgan fingerprint density at radius 2 is 1.39 bits per heavy atom. The Morgan fingerprint density at radius 3 is 2.09 bits per heavy atom. The van der Waals surface area contributed by atoms with Crippen LogP contribution in [0.4, 0.5) is 17.2 Å². The third kappa shape index (κ3) is 7.01. The van der Waals surface area contributed by atoms with Crippen molar-refractivity contribution < 1.29 is 9.53 Å². The van der Waals surface area contributed by atoms with Crippen LogP contribution in [0, 0.1) is 0 Å². The molecule has 1 aromatic heterocycles. The molecule has 0 spiro atoms. The first kappa shape index (κ1) is 30.4. The van der Waals surface area contributed by atoms with E-state index in [1.165, 1.54) is 11.8 Å². The van der Waals surface area contributed by atoms with Crippen molar-refractivity contribution in [2.75, 3.05) is 74.2 Å². The second-order valence-corrected chi connectivity index (χ2v) is 12.4. The summed E-state index contributed by atoms with van der Waals surface area (Å²) < 4.78 is 5.52. The van der Waals surface area contributed by atoms with Gasteiger partial charge in [0.2, 0.25) is 0 Å². The third-order valence-electron chi connectivity index (χ3n) is 8.02. The van der Waals surface area contributed by atoms with E-state index < -0.39 is 0 Å². The molecule has 3 heterocycles.